The van der Waals surface area contributed by atoms with Crippen molar-refractivity contribution in [1.29, 1.82) is 0 Å². The summed E-state index contributed by atoms with van der Waals surface area (Å²) >= 11 is 0. The lowest BCUT2D eigenvalue weighted by molar-refractivity contribution is 0.663. The smallest absolute Gasteiger partial charge is 0.163 e. The summed E-state index contributed by atoms with van der Waals surface area (Å²) in [5.74, 6) is 1.38. The molecule has 0 saturated heterocycles. The van der Waals surface area contributed by atoms with E-state index in [1.807, 2.05) is 24.3 Å². The summed E-state index contributed by atoms with van der Waals surface area (Å²) in [6.45, 7) is 0. The Morgan fingerprint density at radius 1 is 0.500 bits per heavy atom. The lowest BCUT2D eigenvalue weighted by Crippen LogP contribution is -2.33. The average molecular weight is 717 g/mol. The molecule has 2 aromatic heterocycles. The Morgan fingerprint density at radius 2 is 1.05 bits per heavy atom. The van der Waals surface area contributed by atoms with Crippen LogP contribution in [0.4, 0.5) is 0 Å². The molecule has 1 aliphatic rings. The molecule has 0 fully saturated rings. The highest BCUT2D eigenvalue weighted by Gasteiger charge is 2.26. The van der Waals surface area contributed by atoms with E-state index in [0.717, 1.165) is 72.0 Å². The van der Waals surface area contributed by atoms with Crippen LogP contribution in [-0.4, -0.2) is 16.2 Å². The molecule has 5 nitrogen and oxygen atoms in total. The minimum absolute atomic E-state index is 0.353. The predicted molar refractivity (Wildman–Crippen MR) is 232 cm³/mol. The maximum Gasteiger partial charge on any atom is 0.163 e. The Balaban J connectivity index is 1.23. The van der Waals surface area contributed by atoms with Crippen molar-refractivity contribution >= 4 is 87.7 Å². The second-order valence-electron chi connectivity index (χ2n) is 14.6. The minimum atomic E-state index is -0.353. The zero-order chi connectivity index (χ0) is 36.7. The Hall–Kier alpha value is -7.50. The summed E-state index contributed by atoms with van der Waals surface area (Å²) in [6.07, 6.45) is -0.353. The lowest BCUT2D eigenvalue weighted by Gasteiger charge is -2.24. The minimum Gasteiger partial charge on any atom is -0.455 e. The predicted octanol–water partition coefficient (Wildman–Crippen LogP) is 12.6. The van der Waals surface area contributed by atoms with Crippen LogP contribution < -0.4 is 5.32 Å². The number of nitrogens with zero attached hydrogens (tertiary/aromatic N) is 3. The monoisotopic (exact) mass is 716 g/mol. The van der Waals surface area contributed by atoms with Gasteiger partial charge in [-0.2, -0.15) is 0 Å². The van der Waals surface area contributed by atoms with Crippen LogP contribution in [0, 0.1) is 0 Å². The molecular weight excluding hydrogens is 685 g/mol. The molecule has 12 rings (SSSR count). The van der Waals surface area contributed by atoms with Gasteiger partial charge in [0.15, 0.2) is 5.84 Å². The van der Waals surface area contributed by atoms with Gasteiger partial charge in [-0.15, -0.1) is 0 Å². The van der Waals surface area contributed by atoms with Crippen LogP contribution in [0.3, 0.4) is 0 Å². The molecule has 0 radical (unpaired) electrons. The van der Waals surface area contributed by atoms with E-state index in [1.54, 1.807) is 0 Å². The number of hydrogen-bond acceptors (Lipinski definition) is 4. The second kappa shape index (κ2) is 12.0. The van der Waals surface area contributed by atoms with Crippen molar-refractivity contribution in [3.8, 4) is 5.69 Å². The Bertz CT molecular complexity index is 3350. The number of benzene rings is 9. The van der Waals surface area contributed by atoms with Crippen molar-refractivity contribution in [1.82, 2.24) is 9.88 Å². The van der Waals surface area contributed by atoms with Crippen molar-refractivity contribution < 1.29 is 4.42 Å². The van der Waals surface area contributed by atoms with E-state index in [4.69, 9.17) is 14.4 Å². The van der Waals surface area contributed by atoms with Gasteiger partial charge in [-0.1, -0.05) is 152 Å². The second-order valence-corrected chi connectivity index (χ2v) is 14.6. The fourth-order valence-electron chi connectivity index (χ4n) is 8.87. The molecular formula is C51H32N4O. The van der Waals surface area contributed by atoms with E-state index in [-0.39, 0.29) is 6.17 Å². The van der Waals surface area contributed by atoms with Gasteiger partial charge in [-0.05, 0) is 68.2 Å². The van der Waals surface area contributed by atoms with E-state index >= 15 is 0 Å². The molecule has 1 atom stereocenters. The summed E-state index contributed by atoms with van der Waals surface area (Å²) in [7, 11) is 0. The third-order valence-corrected chi connectivity index (χ3v) is 11.4. The van der Waals surface area contributed by atoms with E-state index < -0.39 is 0 Å². The van der Waals surface area contributed by atoms with Crippen molar-refractivity contribution in [2.45, 2.75) is 6.17 Å². The third kappa shape index (κ3) is 4.61. The Morgan fingerprint density at radius 3 is 1.70 bits per heavy atom. The molecule has 1 unspecified atom stereocenters. The molecule has 0 spiro atoms. The first kappa shape index (κ1) is 30.9. The summed E-state index contributed by atoms with van der Waals surface area (Å²) in [5, 5.41) is 15.4. The number of rotatable bonds is 4. The fourth-order valence-corrected chi connectivity index (χ4v) is 8.87. The van der Waals surface area contributed by atoms with Gasteiger partial charge in [-0.3, -0.25) is 0 Å². The first-order valence-corrected chi connectivity index (χ1v) is 19.0. The maximum atomic E-state index is 6.91. The van der Waals surface area contributed by atoms with Crippen molar-refractivity contribution in [2.75, 3.05) is 0 Å². The molecule has 0 aliphatic carbocycles. The SMILES string of the molecule is c1ccc(C2=NC(c3cc(-n4c5ccc6ccccc6c5c5c6ccccc6ccc54)cc4c3oc3ccc5ccccc5c34)=NC(c3ccccc3)N2)cc1. The molecule has 3 heterocycles. The van der Waals surface area contributed by atoms with Gasteiger partial charge in [0.1, 0.15) is 23.2 Å². The number of furan rings is 1. The number of hydrogen-bond donors (Lipinski definition) is 1. The van der Waals surface area contributed by atoms with E-state index in [0.29, 0.717) is 5.84 Å². The van der Waals surface area contributed by atoms with Crippen LogP contribution in [0.15, 0.2) is 196 Å². The first-order valence-electron chi connectivity index (χ1n) is 19.0. The molecule has 1 N–H and O–H groups in total. The van der Waals surface area contributed by atoms with Crippen molar-refractivity contribution in [2.24, 2.45) is 9.98 Å². The van der Waals surface area contributed by atoms with Gasteiger partial charge < -0.3 is 14.3 Å². The summed E-state index contributed by atoms with van der Waals surface area (Å²) < 4.78 is 9.33. The highest BCUT2D eigenvalue weighted by Crippen LogP contribution is 2.43. The standard InChI is InChI=1S/C51H32N4O/c1-3-16-34(17-4-1)49-52-50(35-18-5-2-6-19-35)54-51(53-49)41-30-36(29-40-45-37-20-10-7-15-33(37)25-28-44(45)56-48(40)41)55-42-26-23-31-13-8-11-21-38(31)46(42)47-39-22-12-9-14-32(39)24-27-43(47)55/h1-30,49H,(H,52,53,54). The van der Waals surface area contributed by atoms with Crippen LogP contribution in [0.25, 0.3) is 81.7 Å². The molecule has 262 valence electrons. The summed E-state index contributed by atoms with van der Waals surface area (Å²) in [6, 6.07) is 64.4. The van der Waals surface area contributed by atoms with Crippen LogP contribution in [0.1, 0.15) is 22.9 Å². The Labute approximate surface area is 321 Å². The highest BCUT2D eigenvalue weighted by atomic mass is 16.3. The van der Waals surface area contributed by atoms with Crippen LogP contribution >= 0.6 is 0 Å². The van der Waals surface area contributed by atoms with E-state index in [9.17, 15) is 0 Å². The van der Waals surface area contributed by atoms with E-state index in [2.05, 4.69) is 168 Å². The van der Waals surface area contributed by atoms with Gasteiger partial charge in [0.2, 0.25) is 0 Å². The topological polar surface area (TPSA) is 54.8 Å². The van der Waals surface area contributed by atoms with Gasteiger partial charge in [0.05, 0.1) is 16.6 Å². The number of fused-ring (bicyclic) bond motifs is 12. The lowest BCUT2D eigenvalue weighted by atomic mass is 10.00. The third-order valence-electron chi connectivity index (χ3n) is 11.4. The number of amidine groups is 2. The average Bonchev–Trinajstić information content (AvgIpc) is 3.83. The van der Waals surface area contributed by atoms with Crippen LogP contribution in [-0.2, 0) is 0 Å². The van der Waals surface area contributed by atoms with Crippen LogP contribution in [0.2, 0.25) is 0 Å². The Kier molecular flexibility index (Phi) is 6.63. The summed E-state index contributed by atoms with van der Waals surface area (Å²) in [5.41, 5.74) is 7.77. The van der Waals surface area contributed by atoms with Crippen molar-refractivity contribution in [3.05, 3.63) is 199 Å². The van der Waals surface area contributed by atoms with Gasteiger partial charge >= 0.3 is 0 Å². The zero-order valence-electron chi connectivity index (χ0n) is 30.1. The molecule has 0 amide bonds. The number of aliphatic imine (C=N–C) groups is 2. The largest absolute Gasteiger partial charge is 0.455 e. The number of aromatic nitrogens is 1. The molecule has 56 heavy (non-hydrogen) atoms. The normalized spacial score (nSPS) is 14.6. The van der Waals surface area contributed by atoms with Crippen LogP contribution in [0.5, 0.6) is 0 Å². The van der Waals surface area contributed by atoms with E-state index in [1.165, 1.54) is 32.3 Å². The zero-order valence-corrected chi connectivity index (χ0v) is 30.1. The first-order chi connectivity index (χ1) is 27.8. The van der Waals surface area contributed by atoms with Gasteiger partial charge in [-0.25, -0.2) is 9.98 Å². The number of nitrogens with one attached hydrogen (secondary N) is 1. The molecule has 11 aromatic rings. The molecule has 0 bridgehead atoms. The van der Waals surface area contributed by atoms with Gasteiger partial charge in [0.25, 0.3) is 0 Å². The molecule has 1 aliphatic heterocycles. The quantitative estimate of drug-likeness (QED) is 0.197. The van der Waals surface area contributed by atoms with Gasteiger partial charge in [0, 0.05) is 32.8 Å². The highest BCUT2D eigenvalue weighted by molar-refractivity contribution is 6.29. The maximum absolute atomic E-state index is 6.91. The molecule has 9 aromatic carbocycles. The fraction of sp³-hybridized carbons (Fsp3) is 0.0196. The summed E-state index contributed by atoms with van der Waals surface area (Å²) in [4.78, 5) is 10.7. The molecule has 0 saturated carbocycles. The van der Waals surface area contributed by atoms with Crippen molar-refractivity contribution in [3.63, 3.8) is 0 Å². The molecule has 5 heteroatoms.